The van der Waals surface area contributed by atoms with E-state index < -0.39 is 0 Å². The molecule has 0 bridgehead atoms. The Balaban J connectivity index is 1.22. The Morgan fingerprint density at radius 3 is 2.65 bits per heavy atom. The molecule has 3 saturated heterocycles. The van der Waals surface area contributed by atoms with Crippen molar-refractivity contribution in [3.05, 3.63) is 77.3 Å². The molecule has 0 saturated carbocycles. The van der Waals surface area contributed by atoms with Crippen LogP contribution in [0.25, 0.3) is 10.6 Å². The van der Waals surface area contributed by atoms with E-state index in [2.05, 4.69) is 64.5 Å². The summed E-state index contributed by atoms with van der Waals surface area (Å²) in [7, 11) is 0. The summed E-state index contributed by atoms with van der Waals surface area (Å²) in [5.74, 6) is 0.812. The van der Waals surface area contributed by atoms with E-state index in [1.807, 2.05) is 12.1 Å². The monoisotopic (exact) mass is 429 g/mol. The maximum atomic E-state index is 13.7. The van der Waals surface area contributed by atoms with Gasteiger partial charge in [0.2, 0.25) is 5.91 Å². The Kier molecular flexibility index (Phi) is 4.69. The molecule has 0 radical (unpaired) electrons. The Morgan fingerprint density at radius 2 is 1.84 bits per heavy atom. The molecule has 5 heteroatoms. The first kappa shape index (κ1) is 19.2. The third-order valence-corrected chi connectivity index (χ3v) is 8.66. The van der Waals surface area contributed by atoms with Crippen molar-refractivity contribution in [2.24, 2.45) is 5.92 Å². The minimum Gasteiger partial charge on any atom is -0.340 e. The van der Waals surface area contributed by atoms with Gasteiger partial charge >= 0.3 is 0 Å². The van der Waals surface area contributed by atoms with Crippen molar-refractivity contribution in [1.29, 1.82) is 0 Å². The highest BCUT2D eigenvalue weighted by Gasteiger charge is 2.65. The molecule has 1 aromatic heterocycles. The topological polar surface area (TPSA) is 36.4 Å². The molecule has 3 aliphatic rings. The minimum atomic E-state index is -0.266. The van der Waals surface area contributed by atoms with Crippen LogP contribution in [0.5, 0.6) is 0 Å². The zero-order valence-corrected chi connectivity index (χ0v) is 18.4. The van der Waals surface area contributed by atoms with Crippen molar-refractivity contribution in [2.45, 2.75) is 37.3 Å². The van der Waals surface area contributed by atoms with Crippen LogP contribution < -0.4 is 0 Å². The van der Waals surface area contributed by atoms with Crippen LogP contribution in [0, 0.1) is 5.92 Å². The predicted octanol–water partition coefficient (Wildman–Crippen LogP) is 4.79. The molecular formula is C26H27N3OS. The molecule has 6 rings (SSSR count). The van der Waals surface area contributed by atoms with Gasteiger partial charge in [-0.05, 0) is 37.8 Å². The summed E-state index contributed by atoms with van der Waals surface area (Å²) < 4.78 is 0. The summed E-state index contributed by atoms with van der Waals surface area (Å²) in [6, 6.07) is 21.3. The number of likely N-dealkylation sites (tertiary alicyclic amines) is 1. The van der Waals surface area contributed by atoms with Crippen LogP contribution in [0.3, 0.4) is 0 Å². The third-order valence-electron chi connectivity index (χ3n) is 7.51. The molecule has 3 fully saturated rings. The number of hydrogen-bond donors (Lipinski definition) is 0. The molecule has 4 heterocycles. The highest BCUT2D eigenvalue weighted by Crippen LogP contribution is 2.56. The van der Waals surface area contributed by atoms with Gasteiger partial charge < -0.3 is 4.90 Å². The average Bonchev–Trinajstić information content (AvgIpc) is 3.57. The number of amides is 1. The van der Waals surface area contributed by atoms with Crippen LogP contribution in [-0.2, 0) is 11.2 Å². The van der Waals surface area contributed by atoms with Crippen LogP contribution in [0.15, 0.2) is 66.9 Å². The van der Waals surface area contributed by atoms with Gasteiger partial charge in [0.1, 0.15) is 10.5 Å². The smallest absolute Gasteiger partial charge is 0.243 e. The van der Waals surface area contributed by atoms with Gasteiger partial charge in [-0.15, -0.1) is 11.3 Å². The highest BCUT2D eigenvalue weighted by atomic mass is 32.1. The lowest BCUT2D eigenvalue weighted by atomic mass is 9.85. The van der Waals surface area contributed by atoms with E-state index in [0.717, 1.165) is 50.3 Å². The number of aromatic nitrogens is 1. The summed E-state index contributed by atoms with van der Waals surface area (Å²) in [5.41, 5.74) is 2.22. The fourth-order valence-electron chi connectivity index (χ4n) is 6.11. The van der Waals surface area contributed by atoms with Crippen molar-refractivity contribution < 1.29 is 4.79 Å². The normalized spacial score (nSPS) is 27.6. The summed E-state index contributed by atoms with van der Waals surface area (Å²) in [6.07, 6.45) is 6.20. The van der Waals surface area contributed by atoms with E-state index in [4.69, 9.17) is 4.98 Å². The van der Waals surface area contributed by atoms with E-state index in [9.17, 15) is 4.79 Å². The number of hydrogen-bond acceptors (Lipinski definition) is 4. The Hall–Kier alpha value is -2.50. The highest BCUT2D eigenvalue weighted by molar-refractivity contribution is 7.15. The van der Waals surface area contributed by atoms with Crippen molar-refractivity contribution >= 4 is 17.2 Å². The van der Waals surface area contributed by atoms with Gasteiger partial charge in [0.05, 0.1) is 0 Å². The average molecular weight is 430 g/mol. The van der Waals surface area contributed by atoms with Crippen LogP contribution in [0.2, 0.25) is 0 Å². The summed E-state index contributed by atoms with van der Waals surface area (Å²) in [4.78, 5) is 24.4. The van der Waals surface area contributed by atoms with Crippen molar-refractivity contribution in [2.75, 3.05) is 19.6 Å². The summed E-state index contributed by atoms with van der Waals surface area (Å²) in [5, 5.41) is 1.08. The molecule has 3 aliphatic heterocycles. The van der Waals surface area contributed by atoms with Crippen LogP contribution in [0.4, 0.5) is 0 Å². The minimum absolute atomic E-state index is 0.266. The maximum Gasteiger partial charge on any atom is 0.243 e. The zero-order valence-electron chi connectivity index (χ0n) is 17.6. The number of carbonyl (C=O) groups excluding carboxylic acids is 1. The number of carbonyl (C=O) groups is 1. The summed E-state index contributed by atoms with van der Waals surface area (Å²) in [6.45, 7) is 2.76. The van der Waals surface area contributed by atoms with Gasteiger partial charge in [-0.3, -0.25) is 9.69 Å². The Morgan fingerprint density at radius 1 is 1.06 bits per heavy atom. The molecule has 0 N–H and O–H groups in total. The number of rotatable bonds is 5. The molecule has 31 heavy (non-hydrogen) atoms. The molecule has 2 aromatic carbocycles. The Bertz CT molecular complexity index is 1080. The third kappa shape index (κ3) is 3.06. The van der Waals surface area contributed by atoms with Gasteiger partial charge in [-0.1, -0.05) is 60.7 Å². The molecule has 4 nitrogen and oxygen atoms in total. The van der Waals surface area contributed by atoms with E-state index >= 15 is 0 Å². The quantitative estimate of drug-likeness (QED) is 0.585. The molecular weight excluding hydrogens is 402 g/mol. The van der Waals surface area contributed by atoms with Crippen LogP contribution in [-0.4, -0.2) is 45.9 Å². The van der Waals surface area contributed by atoms with Crippen LogP contribution in [0.1, 0.15) is 35.7 Å². The lowest BCUT2D eigenvalue weighted by molar-refractivity contribution is -0.136. The SMILES string of the molecule is O=C1N(CCc2ccccc2)CC2CC(c3cnc(-c4ccccc4)s3)N3CCC[C@@]123. The molecule has 158 valence electrons. The fraction of sp³-hybridized carbons (Fsp3) is 0.385. The van der Waals surface area contributed by atoms with Crippen LogP contribution >= 0.6 is 11.3 Å². The second kappa shape index (κ2) is 7.57. The first-order chi connectivity index (χ1) is 15.3. The lowest BCUT2D eigenvalue weighted by Gasteiger charge is -2.33. The fourth-order valence-corrected chi connectivity index (χ4v) is 7.15. The number of nitrogens with zero attached hydrogens (tertiary/aromatic N) is 3. The molecule has 3 aromatic rings. The second-order valence-corrected chi connectivity index (χ2v) is 10.2. The number of thiazole rings is 1. The van der Waals surface area contributed by atoms with E-state index in [1.54, 1.807) is 11.3 Å². The maximum absolute atomic E-state index is 13.7. The van der Waals surface area contributed by atoms with Gasteiger partial charge in [-0.2, -0.15) is 0 Å². The van der Waals surface area contributed by atoms with Crippen molar-refractivity contribution in [3.63, 3.8) is 0 Å². The van der Waals surface area contributed by atoms with Gasteiger partial charge in [0.25, 0.3) is 0 Å². The Labute approximate surface area is 187 Å². The molecule has 1 spiro atoms. The molecule has 0 aliphatic carbocycles. The van der Waals surface area contributed by atoms with E-state index in [-0.39, 0.29) is 5.54 Å². The lowest BCUT2D eigenvalue weighted by Crippen LogP contribution is -2.49. The molecule has 1 amide bonds. The van der Waals surface area contributed by atoms with Gasteiger partial charge in [0.15, 0.2) is 0 Å². The molecule has 2 unspecified atom stereocenters. The number of benzene rings is 2. The van der Waals surface area contributed by atoms with Gasteiger partial charge in [-0.25, -0.2) is 4.98 Å². The van der Waals surface area contributed by atoms with Gasteiger partial charge in [0, 0.05) is 41.7 Å². The second-order valence-electron chi connectivity index (χ2n) is 9.09. The van der Waals surface area contributed by atoms with Crippen molar-refractivity contribution in [1.82, 2.24) is 14.8 Å². The first-order valence-electron chi connectivity index (χ1n) is 11.4. The first-order valence-corrected chi connectivity index (χ1v) is 12.2. The standard InChI is InChI=1S/C26H27N3OS/c30-25-26-13-7-14-29(26)22(23-17-27-24(31-23)20-10-5-2-6-11-20)16-21(26)18-28(25)15-12-19-8-3-1-4-9-19/h1-6,8-11,17,21-22H,7,12-16,18H2/t21?,22?,26-/m0/s1. The predicted molar refractivity (Wildman–Crippen MR) is 124 cm³/mol. The summed E-state index contributed by atoms with van der Waals surface area (Å²) >= 11 is 1.80. The largest absolute Gasteiger partial charge is 0.340 e. The molecule has 3 atom stereocenters. The zero-order chi connectivity index (χ0) is 20.8. The van der Waals surface area contributed by atoms with E-state index in [0.29, 0.717) is 17.9 Å². The van der Waals surface area contributed by atoms with E-state index in [1.165, 1.54) is 16.0 Å². The van der Waals surface area contributed by atoms with Crippen molar-refractivity contribution in [3.8, 4) is 10.6 Å².